The molecule has 2 atom stereocenters. The zero-order chi connectivity index (χ0) is 20.3. The summed E-state index contributed by atoms with van der Waals surface area (Å²) >= 11 is 0. The fourth-order valence-corrected chi connectivity index (χ4v) is 5.95. The van der Waals surface area contributed by atoms with Crippen LogP contribution in [0, 0.1) is 17.3 Å². The van der Waals surface area contributed by atoms with Crippen molar-refractivity contribution < 1.29 is 9.53 Å². The van der Waals surface area contributed by atoms with Gasteiger partial charge >= 0.3 is 6.03 Å². The fourth-order valence-electron chi connectivity index (χ4n) is 5.95. The Morgan fingerprint density at radius 3 is 2.69 bits per heavy atom. The van der Waals surface area contributed by atoms with Crippen molar-refractivity contribution in [3.63, 3.8) is 0 Å². The number of hydrogen-bond donors (Lipinski definition) is 1. The Morgan fingerprint density at radius 1 is 1.24 bits per heavy atom. The highest BCUT2D eigenvalue weighted by Gasteiger charge is 2.51. The van der Waals surface area contributed by atoms with E-state index < -0.39 is 0 Å². The Hall–Kier alpha value is -1.07. The largest absolute Gasteiger partial charge is 0.379 e. The van der Waals surface area contributed by atoms with Gasteiger partial charge in [-0.1, -0.05) is 44.8 Å². The van der Waals surface area contributed by atoms with Crippen molar-refractivity contribution in [3.8, 4) is 0 Å². The normalized spacial score (nSPS) is 29.7. The third-order valence-corrected chi connectivity index (χ3v) is 8.18. The number of carbonyl (C=O) groups excluding carboxylic acids is 1. The standard InChI is InChI=1S/C24H41N3O2/c1-24(2)20-10-9-19(22(24)17-20)18-27(12-6-11-26-13-15-29-16-14-26)23(28)25-21-7-4-3-5-8-21/h9,20-22H,3-8,10-18H2,1-2H3,(H,25,28). The molecule has 0 radical (unpaired) electrons. The maximum atomic E-state index is 13.2. The average molecular weight is 404 g/mol. The van der Waals surface area contributed by atoms with Gasteiger partial charge in [0.2, 0.25) is 0 Å². The number of carbonyl (C=O) groups is 1. The summed E-state index contributed by atoms with van der Waals surface area (Å²) in [4.78, 5) is 17.8. The molecule has 5 heteroatoms. The molecule has 2 amide bonds. The minimum absolute atomic E-state index is 0.166. The van der Waals surface area contributed by atoms with Crippen LogP contribution in [0.1, 0.15) is 65.2 Å². The number of fused-ring (bicyclic) bond motifs is 1. The molecule has 1 N–H and O–H groups in total. The van der Waals surface area contributed by atoms with Gasteiger partial charge in [-0.2, -0.15) is 0 Å². The van der Waals surface area contributed by atoms with Crippen molar-refractivity contribution in [1.29, 1.82) is 0 Å². The molecule has 1 aliphatic heterocycles. The Bertz CT molecular complexity index is 591. The Kier molecular flexibility index (Phi) is 6.85. The van der Waals surface area contributed by atoms with E-state index >= 15 is 0 Å². The van der Waals surface area contributed by atoms with Crippen LogP contribution in [0.25, 0.3) is 0 Å². The molecule has 4 aliphatic carbocycles. The average Bonchev–Trinajstić information content (AvgIpc) is 2.74. The summed E-state index contributed by atoms with van der Waals surface area (Å²) in [5.74, 6) is 1.52. The van der Waals surface area contributed by atoms with Crippen LogP contribution in [-0.4, -0.2) is 67.8 Å². The maximum Gasteiger partial charge on any atom is 0.317 e. The Labute approximate surface area is 177 Å². The second-order valence-electron chi connectivity index (χ2n) is 10.3. The first-order valence-electron chi connectivity index (χ1n) is 12.1. The predicted molar refractivity (Wildman–Crippen MR) is 117 cm³/mol. The summed E-state index contributed by atoms with van der Waals surface area (Å²) in [5, 5.41) is 3.37. The molecule has 164 valence electrons. The molecule has 29 heavy (non-hydrogen) atoms. The minimum Gasteiger partial charge on any atom is -0.379 e. The van der Waals surface area contributed by atoms with E-state index in [9.17, 15) is 4.79 Å². The van der Waals surface area contributed by atoms with Crippen molar-refractivity contribution in [2.45, 2.75) is 71.3 Å². The highest BCUT2D eigenvalue weighted by atomic mass is 16.5. The van der Waals surface area contributed by atoms with Gasteiger partial charge in [0, 0.05) is 38.8 Å². The summed E-state index contributed by atoms with van der Waals surface area (Å²) in [7, 11) is 0. The van der Waals surface area contributed by atoms with Crippen LogP contribution in [0.4, 0.5) is 4.79 Å². The second-order valence-corrected chi connectivity index (χ2v) is 10.3. The van der Waals surface area contributed by atoms with Gasteiger partial charge in [0.1, 0.15) is 0 Å². The first kappa shape index (κ1) is 21.2. The van der Waals surface area contributed by atoms with E-state index in [0.717, 1.165) is 71.1 Å². The lowest BCUT2D eigenvalue weighted by Gasteiger charge is -2.57. The van der Waals surface area contributed by atoms with E-state index in [-0.39, 0.29) is 6.03 Å². The number of urea groups is 1. The van der Waals surface area contributed by atoms with Gasteiger partial charge in [-0.05, 0) is 49.4 Å². The molecular formula is C24H41N3O2. The van der Waals surface area contributed by atoms with Gasteiger partial charge in [0.05, 0.1) is 13.2 Å². The van der Waals surface area contributed by atoms with Crippen LogP contribution in [0.15, 0.2) is 11.6 Å². The van der Waals surface area contributed by atoms with Crippen LogP contribution < -0.4 is 5.32 Å². The van der Waals surface area contributed by atoms with E-state index in [1.54, 1.807) is 0 Å². The van der Waals surface area contributed by atoms with Gasteiger partial charge in [0.15, 0.2) is 0 Å². The lowest BCUT2D eigenvalue weighted by atomic mass is 9.49. The third-order valence-electron chi connectivity index (χ3n) is 8.18. The predicted octanol–water partition coefficient (Wildman–Crippen LogP) is 4.05. The molecule has 3 fully saturated rings. The van der Waals surface area contributed by atoms with E-state index in [1.165, 1.54) is 37.7 Å². The number of rotatable bonds is 7. The van der Waals surface area contributed by atoms with E-state index in [1.807, 2.05) is 0 Å². The molecule has 2 bridgehead atoms. The van der Waals surface area contributed by atoms with Crippen LogP contribution in [0.5, 0.6) is 0 Å². The minimum atomic E-state index is 0.166. The molecule has 5 aliphatic rings. The Morgan fingerprint density at radius 2 is 2.00 bits per heavy atom. The highest BCUT2D eigenvalue weighted by Crippen LogP contribution is 2.59. The maximum absolute atomic E-state index is 13.2. The van der Waals surface area contributed by atoms with Crippen molar-refractivity contribution in [3.05, 3.63) is 11.6 Å². The number of ether oxygens (including phenoxy) is 1. The van der Waals surface area contributed by atoms with E-state index in [0.29, 0.717) is 17.4 Å². The number of nitrogens with one attached hydrogen (secondary N) is 1. The van der Waals surface area contributed by atoms with E-state index in [4.69, 9.17) is 4.74 Å². The first-order valence-corrected chi connectivity index (χ1v) is 12.1. The summed E-state index contributed by atoms with van der Waals surface area (Å²) < 4.78 is 5.46. The number of amides is 2. The monoisotopic (exact) mass is 403 g/mol. The molecule has 0 aromatic carbocycles. The Balaban J connectivity index is 1.34. The van der Waals surface area contributed by atoms with Crippen LogP contribution in [0.3, 0.4) is 0 Å². The quantitative estimate of drug-likeness (QED) is 0.653. The topological polar surface area (TPSA) is 44.8 Å². The zero-order valence-electron chi connectivity index (χ0n) is 18.6. The molecule has 5 nitrogen and oxygen atoms in total. The number of hydrogen-bond acceptors (Lipinski definition) is 3. The summed E-state index contributed by atoms with van der Waals surface area (Å²) in [5.41, 5.74) is 1.94. The van der Waals surface area contributed by atoms with Gasteiger partial charge in [-0.15, -0.1) is 0 Å². The smallest absolute Gasteiger partial charge is 0.317 e. The van der Waals surface area contributed by atoms with Crippen molar-refractivity contribution >= 4 is 6.03 Å². The second kappa shape index (κ2) is 9.38. The summed E-state index contributed by atoms with van der Waals surface area (Å²) in [6, 6.07) is 0.543. The lowest BCUT2D eigenvalue weighted by Crippen LogP contribution is -2.52. The molecular weight excluding hydrogens is 362 g/mol. The van der Waals surface area contributed by atoms with Crippen LogP contribution in [-0.2, 0) is 4.74 Å². The zero-order valence-corrected chi connectivity index (χ0v) is 18.6. The number of allylic oxidation sites excluding steroid dienone is 1. The molecule has 0 aromatic rings. The van der Waals surface area contributed by atoms with Crippen LogP contribution in [0.2, 0.25) is 0 Å². The van der Waals surface area contributed by atoms with Crippen molar-refractivity contribution in [1.82, 2.24) is 15.1 Å². The fraction of sp³-hybridized carbons (Fsp3) is 0.875. The lowest BCUT2D eigenvalue weighted by molar-refractivity contribution is -0.00981. The van der Waals surface area contributed by atoms with Crippen molar-refractivity contribution in [2.75, 3.05) is 45.9 Å². The first-order chi connectivity index (χ1) is 14.0. The van der Waals surface area contributed by atoms with Gasteiger partial charge in [0.25, 0.3) is 0 Å². The van der Waals surface area contributed by atoms with Gasteiger partial charge in [-0.3, -0.25) is 4.90 Å². The molecule has 1 saturated heterocycles. The molecule has 1 heterocycles. The van der Waals surface area contributed by atoms with Gasteiger partial charge in [-0.25, -0.2) is 4.79 Å². The molecule has 2 unspecified atom stereocenters. The highest BCUT2D eigenvalue weighted by molar-refractivity contribution is 5.75. The number of morpholine rings is 1. The van der Waals surface area contributed by atoms with Crippen LogP contribution >= 0.6 is 0 Å². The summed E-state index contributed by atoms with van der Waals surface area (Å²) in [6.07, 6.45) is 12.1. The van der Waals surface area contributed by atoms with E-state index in [2.05, 4.69) is 35.0 Å². The molecule has 0 aromatic heterocycles. The summed E-state index contributed by atoms with van der Waals surface area (Å²) in [6.45, 7) is 11.3. The molecule has 0 spiro atoms. The number of nitrogens with zero attached hydrogens (tertiary/aromatic N) is 2. The van der Waals surface area contributed by atoms with Gasteiger partial charge < -0.3 is 15.0 Å². The van der Waals surface area contributed by atoms with Crippen molar-refractivity contribution in [2.24, 2.45) is 17.3 Å². The molecule has 5 rings (SSSR count). The third kappa shape index (κ3) is 4.99. The SMILES string of the molecule is CC1(C)C2CC=C(CN(CCCN3CCOCC3)C(=O)NC3CCCCC3)C1C2. The molecule has 2 saturated carbocycles.